The van der Waals surface area contributed by atoms with Crippen LogP contribution >= 0.6 is 0 Å². The second-order valence-electron chi connectivity index (χ2n) is 0.620. The number of carbonyl (C=O) groups is 1. The van der Waals surface area contributed by atoms with Gasteiger partial charge in [0.05, 0.1) is 6.61 Å². The lowest BCUT2D eigenvalue weighted by atomic mass is 10.8. The number of aliphatic imine (C=N–C) groups is 1. The molecule has 0 radical (unpaired) electrons. The SMILES string of the molecule is O=CN=CCO. The third-order valence-electron chi connectivity index (χ3n) is 0.248. The normalized spacial score (nSPS) is 9.50. The first kappa shape index (κ1) is 5.30. The summed E-state index contributed by atoms with van der Waals surface area (Å²) in [5.74, 6) is 0. The number of hydrogen-bond donors (Lipinski definition) is 1. The van der Waals surface area contributed by atoms with E-state index in [1.165, 1.54) is 0 Å². The molecule has 0 saturated heterocycles. The van der Waals surface area contributed by atoms with E-state index in [-0.39, 0.29) is 6.61 Å². The molecular formula is C3H5NO2. The highest BCUT2D eigenvalue weighted by Crippen LogP contribution is 1.47. The number of nitrogens with zero attached hydrogens (tertiary/aromatic N) is 1. The van der Waals surface area contributed by atoms with Crippen LogP contribution in [0, 0.1) is 0 Å². The molecule has 34 valence electrons. The van der Waals surface area contributed by atoms with Crippen LogP contribution in [0.2, 0.25) is 0 Å². The predicted octanol–water partition coefficient (Wildman–Crippen LogP) is -0.794. The van der Waals surface area contributed by atoms with Gasteiger partial charge in [0.1, 0.15) is 0 Å². The van der Waals surface area contributed by atoms with Crippen LogP contribution in [0.5, 0.6) is 0 Å². The maximum atomic E-state index is 9.25. The van der Waals surface area contributed by atoms with Crippen molar-refractivity contribution < 1.29 is 9.90 Å². The zero-order valence-electron chi connectivity index (χ0n) is 3.16. The van der Waals surface area contributed by atoms with Crippen molar-refractivity contribution in [2.24, 2.45) is 4.99 Å². The minimum atomic E-state index is -0.168. The third-order valence-corrected chi connectivity index (χ3v) is 0.248. The van der Waals surface area contributed by atoms with Gasteiger partial charge < -0.3 is 5.11 Å². The third kappa shape index (κ3) is 3.30. The summed E-state index contributed by atoms with van der Waals surface area (Å²) in [6.07, 6.45) is 1.49. The van der Waals surface area contributed by atoms with Crippen LogP contribution in [-0.4, -0.2) is 24.3 Å². The lowest BCUT2D eigenvalue weighted by molar-refractivity contribution is -0.106. The predicted molar refractivity (Wildman–Crippen MR) is 21.6 cm³/mol. The summed E-state index contributed by atoms with van der Waals surface area (Å²) in [5.41, 5.74) is 0. The minimum Gasteiger partial charge on any atom is -0.391 e. The van der Waals surface area contributed by atoms with E-state index in [1.54, 1.807) is 0 Å². The fourth-order valence-corrected chi connectivity index (χ4v) is 0.0902. The van der Waals surface area contributed by atoms with Crippen molar-refractivity contribution in [1.29, 1.82) is 0 Å². The fourth-order valence-electron chi connectivity index (χ4n) is 0.0902. The Hall–Kier alpha value is -0.700. The van der Waals surface area contributed by atoms with Gasteiger partial charge in [-0.25, -0.2) is 4.99 Å². The van der Waals surface area contributed by atoms with Gasteiger partial charge in [0.2, 0.25) is 6.41 Å². The highest BCUT2D eigenvalue weighted by molar-refractivity contribution is 5.69. The minimum absolute atomic E-state index is 0.168. The lowest BCUT2D eigenvalue weighted by Crippen LogP contribution is -1.79. The Kier molecular flexibility index (Phi) is 3.80. The topological polar surface area (TPSA) is 49.7 Å². The Labute approximate surface area is 35.3 Å². The van der Waals surface area contributed by atoms with Gasteiger partial charge in [-0.15, -0.1) is 0 Å². The number of aliphatic hydroxyl groups excluding tert-OH is 1. The molecule has 0 fully saturated rings. The summed E-state index contributed by atoms with van der Waals surface area (Å²) in [7, 11) is 0. The van der Waals surface area contributed by atoms with Crippen molar-refractivity contribution in [3.8, 4) is 0 Å². The number of carbonyl (C=O) groups excluding carboxylic acids is 1. The Balaban J connectivity index is 2.94. The molecule has 0 spiro atoms. The maximum Gasteiger partial charge on any atom is 0.232 e. The summed E-state index contributed by atoms with van der Waals surface area (Å²) in [5, 5.41) is 7.89. The quantitative estimate of drug-likeness (QED) is 0.354. The highest BCUT2D eigenvalue weighted by atomic mass is 16.3. The van der Waals surface area contributed by atoms with E-state index in [4.69, 9.17) is 5.11 Å². The van der Waals surface area contributed by atoms with Crippen LogP contribution in [0.1, 0.15) is 0 Å². The van der Waals surface area contributed by atoms with E-state index < -0.39 is 0 Å². The average Bonchev–Trinajstić information content (AvgIpc) is 1.61. The van der Waals surface area contributed by atoms with Gasteiger partial charge in [0.25, 0.3) is 0 Å². The largest absolute Gasteiger partial charge is 0.391 e. The van der Waals surface area contributed by atoms with Gasteiger partial charge in [0.15, 0.2) is 0 Å². The van der Waals surface area contributed by atoms with E-state index >= 15 is 0 Å². The average molecular weight is 87.1 g/mol. The second-order valence-corrected chi connectivity index (χ2v) is 0.620. The molecule has 0 aromatic carbocycles. The zero-order valence-corrected chi connectivity index (χ0v) is 3.16. The van der Waals surface area contributed by atoms with E-state index in [1.807, 2.05) is 0 Å². The number of amides is 1. The van der Waals surface area contributed by atoms with E-state index in [0.29, 0.717) is 6.41 Å². The molecule has 3 heteroatoms. The molecule has 0 saturated carbocycles. The summed E-state index contributed by atoms with van der Waals surface area (Å²) >= 11 is 0. The molecule has 0 atom stereocenters. The van der Waals surface area contributed by atoms with Crippen LogP contribution in [0.4, 0.5) is 0 Å². The van der Waals surface area contributed by atoms with Gasteiger partial charge in [-0.3, -0.25) is 4.79 Å². The number of hydrogen-bond acceptors (Lipinski definition) is 2. The van der Waals surface area contributed by atoms with Gasteiger partial charge >= 0.3 is 0 Å². The molecule has 0 unspecified atom stereocenters. The molecule has 0 aliphatic heterocycles. The standard InChI is InChI=1S/C3H5NO2/c5-2-1-4-3-6/h1,3,5H,2H2. The Morgan fingerprint density at radius 3 is 2.67 bits per heavy atom. The van der Waals surface area contributed by atoms with E-state index in [9.17, 15) is 4.79 Å². The van der Waals surface area contributed by atoms with Crippen molar-refractivity contribution in [3.63, 3.8) is 0 Å². The molecular weight excluding hydrogens is 82.0 g/mol. The summed E-state index contributed by atoms with van der Waals surface area (Å²) in [4.78, 5) is 12.3. The van der Waals surface area contributed by atoms with Crippen LogP contribution in [0.15, 0.2) is 4.99 Å². The summed E-state index contributed by atoms with van der Waals surface area (Å²) < 4.78 is 0. The molecule has 0 aliphatic carbocycles. The van der Waals surface area contributed by atoms with Crippen molar-refractivity contribution in [2.45, 2.75) is 0 Å². The van der Waals surface area contributed by atoms with Crippen LogP contribution in [0.25, 0.3) is 0 Å². The molecule has 1 amide bonds. The molecule has 3 nitrogen and oxygen atoms in total. The van der Waals surface area contributed by atoms with Gasteiger partial charge in [-0.1, -0.05) is 0 Å². The van der Waals surface area contributed by atoms with Crippen molar-refractivity contribution in [3.05, 3.63) is 0 Å². The van der Waals surface area contributed by atoms with Crippen molar-refractivity contribution in [1.82, 2.24) is 0 Å². The van der Waals surface area contributed by atoms with Gasteiger partial charge in [0, 0.05) is 6.21 Å². The smallest absolute Gasteiger partial charge is 0.232 e. The maximum absolute atomic E-state index is 9.25. The number of aliphatic hydroxyl groups is 1. The Morgan fingerprint density at radius 1 is 1.83 bits per heavy atom. The zero-order chi connectivity index (χ0) is 4.83. The van der Waals surface area contributed by atoms with Crippen LogP contribution in [0.3, 0.4) is 0 Å². The molecule has 0 bridgehead atoms. The second kappa shape index (κ2) is 4.30. The highest BCUT2D eigenvalue weighted by Gasteiger charge is 1.59. The molecule has 0 aromatic rings. The Morgan fingerprint density at radius 2 is 2.50 bits per heavy atom. The van der Waals surface area contributed by atoms with Gasteiger partial charge in [-0.05, 0) is 0 Å². The van der Waals surface area contributed by atoms with Crippen molar-refractivity contribution in [2.75, 3.05) is 6.61 Å². The molecule has 0 heterocycles. The molecule has 0 aromatic heterocycles. The summed E-state index contributed by atoms with van der Waals surface area (Å²) in [6.45, 7) is -0.168. The first-order valence-electron chi connectivity index (χ1n) is 1.48. The van der Waals surface area contributed by atoms with Crippen molar-refractivity contribution >= 4 is 12.6 Å². The van der Waals surface area contributed by atoms with Gasteiger partial charge in [-0.2, -0.15) is 0 Å². The van der Waals surface area contributed by atoms with Crippen LogP contribution < -0.4 is 0 Å². The summed E-state index contributed by atoms with van der Waals surface area (Å²) in [6, 6.07) is 0. The molecule has 1 N–H and O–H groups in total. The fraction of sp³-hybridized carbons (Fsp3) is 0.333. The number of rotatable bonds is 2. The van der Waals surface area contributed by atoms with E-state index in [2.05, 4.69) is 4.99 Å². The monoisotopic (exact) mass is 87.0 g/mol. The first-order chi connectivity index (χ1) is 2.91. The Bertz CT molecular complexity index is 59.8. The molecule has 6 heavy (non-hydrogen) atoms. The van der Waals surface area contributed by atoms with E-state index in [0.717, 1.165) is 6.21 Å². The molecule has 0 aliphatic rings. The first-order valence-corrected chi connectivity index (χ1v) is 1.48. The van der Waals surface area contributed by atoms with Crippen LogP contribution in [-0.2, 0) is 4.79 Å². The lowest BCUT2D eigenvalue weighted by Gasteiger charge is -1.66. The molecule has 0 rings (SSSR count).